The topological polar surface area (TPSA) is 66.4 Å². The first-order chi connectivity index (χ1) is 12.5. The van der Waals surface area contributed by atoms with E-state index in [4.69, 9.17) is 0 Å². The van der Waals surface area contributed by atoms with Gasteiger partial charge in [-0.15, -0.1) is 0 Å². The van der Waals surface area contributed by atoms with Crippen molar-refractivity contribution in [2.45, 2.75) is 32.1 Å². The van der Waals surface area contributed by atoms with Gasteiger partial charge < -0.3 is 0 Å². The van der Waals surface area contributed by atoms with Crippen LogP contribution >= 0.6 is 0 Å². The van der Waals surface area contributed by atoms with Crippen molar-refractivity contribution in [2.24, 2.45) is 0 Å². The number of nitrogens with zero attached hydrogens (tertiary/aromatic N) is 4. The molecule has 2 unspecified atom stereocenters. The SMILES string of the molecule is Cc1ncc(CN2CCN(Cc3ccccc3)C3CS(=O)(=O)CC32)cn1. The van der Waals surface area contributed by atoms with Gasteiger partial charge in [0.15, 0.2) is 9.84 Å². The summed E-state index contributed by atoms with van der Waals surface area (Å²) in [5, 5.41) is 0. The summed E-state index contributed by atoms with van der Waals surface area (Å²) in [6.07, 6.45) is 3.69. The quantitative estimate of drug-likeness (QED) is 0.805. The van der Waals surface area contributed by atoms with Crippen LogP contribution in [0.5, 0.6) is 0 Å². The van der Waals surface area contributed by atoms with Crippen molar-refractivity contribution in [1.82, 2.24) is 19.8 Å². The minimum atomic E-state index is -3.00. The molecule has 2 aromatic rings. The Morgan fingerprint density at radius 2 is 1.46 bits per heavy atom. The normalized spacial score (nSPS) is 25.9. The highest BCUT2D eigenvalue weighted by atomic mass is 32.2. The molecule has 3 heterocycles. The van der Waals surface area contributed by atoms with Gasteiger partial charge in [0.2, 0.25) is 0 Å². The minimum absolute atomic E-state index is 0.0405. The third-order valence-corrected chi connectivity index (χ3v) is 7.05. The average Bonchev–Trinajstić information content (AvgIpc) is 2.96. The zero-order valence-electron chi connectivity index (χ0n) is 15.0. The first-order valence-electron chi connectivity index (χ1n) is 9.00. The molecule has 2 aliphatic heterocycles. The van der Waals surface area contributed by atoms with E-state index in [1.54, 1.807) is 0 Å². The second kappa shape index (κ2) is 7.06. The molecule has 0 N–H and O–H groups in total. The molecule has 0 amide bonds. The monoisotopic (exact) mass is 372 g/mol. The number of fused-ring (bicyclic) bond motifs is 1. The van der Waals surface area contributed by atoms with E-state index in [1.165, 1.54) is 5.56 Å². The highest BCUT2D eigenvalue weighted by molar-refractivity contribution is 7.91. The molecule has 0 bridgehead atoms. The molecule has 0 saturated carbocycles. The molecule has 0 aliphatic carbocycles. The van der Waals surface area contributed by atoms with Crippen LogP contribution in [-0.2, 0) is 22.9 Å². The van der Waals surface area contributed by atoms with Crippen molar-refractivity contribution in [3.63, 3.8) is 0 Å². The minimum Gasteiger partial charge on any atom is -0.292 e. The number of piperazine rings is 1. The Bertz CT molecular complexity index is 855. The molecule has 2 atom stereocenters. The Labute approximate surface area is 154 Å². The lowest BCUT2D eigenvalue weighted by Crippen LogP contribution is -2.58. The summed E-state index contributed by atoms with van der Waals surface area (Å²) in [4.78, 5) is 13.2. The van der Waals surface area contributed by atoms with Crippen molar-refractivity contribution in [2.75, 3.05) is 24.6 Å². The van der Waals surface area contributed by atoms with E-state index < -0.39 is 9.84 Å². The van der Waals surface area contributed by atoms with Gasteiger partial charge in [-0.2, -0.15) is 0 Å². The summed E-state index contributed by atoms with van der Waals surface area (Å²) in [6.45, 7) is 5.11. The maximum atomic E-state index is 12.4. The van der Waals surface area contributed by atoms with Crippen LogP contribution in [0.2, 0.25) is 0 Å². The lowest BCUT2D eigenvalue weighted by Gasteiger charge is -2.44. The highest BCUT2D eigenvalue weighted by Crippen LogP contribution is 2.29. The third-order valence-electron chi connectivity index (χ3n) is 5.35. The zero-order chi connectivity index (χ0) is 18.1. The van der Waals surface area contributed by atoms with Gasteiger partial charge in [0.25, 0.3) is 0 Å². The van der Waals surface area contributed by atoms with E-state index in [0.29, 0.717) is 6.54 Å². The maximum Gasteiger partial charge on any atom is 0.153 e. The fraction of sp³-hybridized carbons (Fsp3) is 0.474. The van der Waals surface area contributed by atoms with E-state index in [-0.39, 0.29) is 23.6 Å². The Balaban J connectivity index is 1.52. The lowest BCUT2D eigenvalue weighted by atomic mass is 10.0. The van der Waals surface area contributed by atoms with E-state index in [2.05, 4.69) is 31.9 Å². The standard InChI is InChI=1S/C19H24N4O2S/c1-15-20-9-17(10-21-15)12-23-8-7-22(11-16-5-3-2-4-6-16)18-13-26(24,25)14-19(18)23/h2-6,9-10,18-19H,7-8,11-14H2,1H3. The fourth-order valence-electron chi connectivity index (χ4n) is 4.04. The zero-order valence-corrected chi connectivity index (χ0v) is 15.8. The van der Waals surface area contributed by atoms with Gasteiger partial charge in [-0.25, -0.2) is 18.4 Å². The maximum absolute atomic E-state index is 12.4. The van der Waals surface area contributed by atoms with Crippen molar-refractivity contribution in [3.8, 4) is 0 Å². The van der Waals surface area contributed by atoms with Crippen molar-refractivity contribution in [3.05, 3.63) is 59.7 Å². The average molecular weight is 372 g/mol. The molecular formula is C19H24N4O2S. The largest absolute Gasteiger partial charge is 0.292 e. The summed E-state index contributed by atoms with van der Waals surface area (Å²) in [7, 11) is -3.00. The van der Waals surface area contributed by atoms with E-state index >= 15 is 0 Å². The second-order valence-corrected chi connectivity index (χ2v) is 9.43. The summed E-state index contributed by atoms with van der Waals surface area (Å²) in [5.74, 6) is 1.25. The summed E-state index contributed by atoms with van der Waals surface area (Å²) >= 11 is 0. The number of rotatable bonds is 4. The van der Waals surface area contributed by atoms with Gasteiger partial charge in [0.1, 0.15) is 5.82 Å². The summed E-state index contributed by atoms with van der Waals surface area (Å²) in [5.41, 5.74) is 2.27. The van der Waals surface area contributed by atoms with Crippen LogP contribution < -0.4 is 0 Å². The second-order valence-electron chi connectivity index (χ2n) is 7.28. The Hall–Kier alpha value is -1.83. The van der Waals surface area contributed by atoms with E-state index in [9.17, 15) is 8.42 Å². The van der Waals surface area contributed by atoms with Crippen molar-refractivity contribution in [1.29, 1.82) is 0 Å². The molecule has 2 fully saturated rings. The summed E-state index contributed by atoms with van der Waals surface area (Å²) < 4.78 is 24.7. The van der Waals surface area contributed by atoms with Gasteiger partial charge in [-0.1, -0.05) is 30.3 Å². The molecule has 138 valence electrons. The molecule has 1 aromatic carbocycles. The van der Waals surface area contributed by atoms with Crippen LogP contribution in [-0.4, -0.2) is 64.9 Å². The van der Waals surface area contributed by atoms with E-state index in [1.807, 2.05) is 37.5 Å². The van der Waals surface area contributed by atoms with Crippen LogP contribution in [0.3, 0.4) is 0 Å². The molecule has 6 nitrogen and oxygen atoms in total. The number of hydrogen-bond donors (Lipinski definition) is 0. The van der Waals surface area contributed by atoms with Gasteiger partial charge in [-0.3, -0.25) is 9.80 Å². The van der Waals surface area contributed by atoms with Crippen LogP contribution in [0.4, 0.5) is 0 Å². The smallest absolute Gasteiger partial charge is 0.153 e. The number of sulfone groups is 1. The Kier molecular flexibility index (Phi) is 4.77. The molecule has 7 heteroatoms. The lowest BCUT2D eigenvalue weighted by molar-refractivity contribution is 0.0354. The predicted octanol–water partition coefficient (Wildman–Crippen LogP) is 1.27. The Morgan fingerprint density at radius 1 is 0.923 bits per heavy atom. The first-order valence-corrected chi connectivity index (χ1v) is 10.8. The van der Waals surface area contributed by atoms with Crippen LogP contribution in [0.15, 0.2) is 42.7 Å². The predicted molar refractivity (Wildman–Crippen MR) is 100 cm³/mol. The number of hydrogen-bond acceptors (Lipinski definition) is 6. The van der Waals surface area contributed by atoms with Crippen LogP contribution in [0.25, 0.3) is 0 Å². The highest BCUT2D eigenvalue weighted by Gasteiger charge is 2.46. The first kappa shape index (κ1) is 17.6. The van der Waals surface area contributed by atoms with Crippen molar-refractivity contribution >= 4 is 9.84 Å². The third kappa shape index (κ3) is 3.79. The van der Waals surface area contributed by atoms with Crippen LogP contribution in [0.1, 0.15) is 17.0 Å². The van der Waals surface area contributed by atoms with Crippen LogP contribution in [0, 0.1) is 6.92 Å². The number of benzene rings is 1. The number of aryl methyl sites for hydroxylation is 1. The van der Waals surface area contributed by atoms with Gasteiger partial charge in [-0.05, 0) is 12.5 Å². The molecule has 4 rings (SSSR count). The van der Waals surface area contributed by atoms with Gasteiger partial charge in [0.05, 0.1) is 11.5 Å². The van der Waals surface area contributed by atoms with Gasteiger partial charge in [0, 0.05) is 56.2 Å². The molecule has 26 heavy (non-hydrogen) atoms. The molecule has 0 spiro atoms. The molecule has 2 saturated heterocycles. The molecule has 1 aromatic heterocycles. The Morgan fingerprint density at radius 3 is 2.04 bits per heavy atom. The van der Waals surface area contributed by atoms with Gasteiger partial charge >= 0.3 is 0 Å². The molecular weight excluding hydrogens is 348 g/mol. The molecule has 0 radical (unpaired) electrons. The molecule has 2 aliphatic rings. The van der Waals surface area contributed by atoms with E-state index in [0.717, 1.165) is 31.0 Å². The number of aromatic nitrogens is 2. The fourth-order valence-corrected chi connectivity index (χ4v) is 6.09. The van der Waals surface area contributed by atoms with Crippen molar-refractivity contribution < 1.29 is 8.42 Å². The summed E-state index contributed by atoms with van der Waals surface area (Å²) in [6, 6.07) is 10.4.